The fourth-order valence-electron chi connectivity index (χ4n) is 8.32. The van der Waals surface area contributed by atoms with Crippen LogP contribution in [0.3, 0.4) is 0 Å². The molecule has 5 nitrogen and oxygen atoms in total. The van der Waals surface area contributed by atoms with Gasteiger partial charge in [-0.2, -0.15) is 0 Å². The van der Waals surface area contributed by atoms with Crippen molar-refractivity contribution in [3.63, 3.8) is 0 Å². The summed E-state index contributed by atoms with van der Waals surface area (Å²) in [5.74, 6) is -0.416. The highest BCUT2D eigenvalue weighted by Crippen LogP contribution is 2.15. The molecule has 0 amide bonds. The predicted molar refractivity (Wildman–Crippen MR) is 297 cm³/mol. The Hall–Kier alpha value is -2.66. The number of esters is 2. The largest absolute Gasteiger partial charge is 0.462 e. The molecule has 68 heavy (non-hydrogen) atoms. The molecular formula is C63H112O5. The van der Waals surface area contributed by atoms with E-state index in [1.54, 1.807) is 0 Å². The Balaban J connectivity index is 4.28. The van der Waals surface area contributed by atoms with Crippen LogP contribution in [0.2, 0.25) is 0 Å². The van der Waals surface area contributed by atoms with Crippen molar-refractivity contribution in [2.45, 2.75) is 297 Å². The van der Waals surface area contributed by atoms with E-state index in [4.69, 9.17) is 14.2 Å². The Bertz CT molecular complexity index is 1210. The normalized spacial score (nSPS) is 12.7. The van der Waals surface area contributed by atoms with Gasteiger partial charge in [-0.3, -0.25) is 9.59 Å². The molecule has 5 heteroatoms. The van der Waals surface area contributed by atoms with Crippen LogP contribution < -0.4 is 0 Å². The van der Waals surface area contributed by atoms with Crippen molar-refractivity contribution in [2.24, 2.45) is 0 Å². The van der Waals surface area contributed by atoms with Gasteiger partial charge in [0.25, 0.3) is 0 Å². The zero-order valence-electron chi connectivity index (χ0n) is 45.4. The zero-order valence-corrected chi connectivity index (χ0v) is 45.4. The van der Waals surface area contributed by atoms with E-state index >= 15 is 0 Å². The van der Waals surface area contributed by atoms with Crippen LogP contribution in [0.25, 0.3) is 0 Å². The third-order valence-electron chi connectivity index (χ3n) is 12.7. The lowest BCUT2D eigenvalue weighted by Crippen LogP contribution is -2.30. The number of rotatable bonds is 54. The molecule has 0 radical (unpaired) electrons. The molecule has 0 saturated carbocycles. The van der Waals surface area contributed by atoms with E-state index in [0.29, 0.717) is 19.4 Å². The standard InChI is InChI=1S/C63H112O5/c1-4-7-10-13-16-19-22-25-28-30-31-32-34-37-40-43-46-49-52-55-58-66-59-61(68-63(65)57-54-51-48-45-42-39-35-27-24-21-18-15-12-9-6-3)60-67-62(64)56-53-50-47-44-41-38-36-33-29-26-23-20-17-14-11-8-5-2/h8,11,17-18,20-21,25-29,35,61H,4-7,9-10,12-16,19,22-24,30-34,36-60H2,1-3H3/b11-8-,20-17-,21-18-,28-25-,29-26-,35-27-. The maximum atomic E-state index is 12.9. The van der Waals surface area contributed by atoms with Gasteiger partial charge in [0.15, 0.2) is 6.10 Å². The third-order valence-corrected chi connectivity index (χ3v) is 12.7. The molecule has 1 atom stereocenters. The van der Waals surface area contributed by atoms with Crippen LogP contribution >= 0.6 is 0 Å². The lowest BCUT2D eigenvalue weighted by molar-refractivity contribution is -0.163. The van der Waals surface area contributed by atoms with Gasteiger partial charge < -0.3 is 14.2 Å². The minimum Gasteiger partial charge on any atom is -0.462 e. The smallest absolute Gasteiger partial charge is 0.306 e. The second kappa shape index (κ2) is 58.7. The lowest BCUT2D eigenvalue weighted by atomic mass is 10.1. The highest BCUT2D eigenvalue weighted by Gasteiger charge is 2.17. The average Bonchev–Trinajstić information content (AvgIpc) is 3.34. The van der Waals surface area contributed by atoms with E-state index in [9.17, 15) is 9.59 Å². The van der Waals surface area contributed by atoms with Gasteiger partial charge in [0.05, 0.1) is 6.61 Å². The Kier molecular flexibility index (Phi) is 56.4. The number of allylic oxidation sites excluding steroid dienone is 12. The van der Waals surface area contributed by atoms with E-state index in [2.05, 4.69) is 93.7 Å². The van der Waals surface area contributed by atoms with Gasteiger partial charge in [0, 0.05) is 19.4 Å². The summed E-state index contributed by atoms with van der Waals surface area (Å²) in [6.07, 6.45) is 76.4. The number of ether oxygens (including phenoxy) is 3. The fourth-order valence-corrected chi connectivity index (χ4v) is 8.32. The van der Waals surface area contributed by atoms with Crippen LogP contribution in [-0.4, -0.2) is 37.9 Å². The van der Waals surface area contributed by atoms with Gasteiger partial charge in [0.2, 0.25) is 0 Å². The highest BCUT2D eigenvalue weighted by atomic mass is 16.6. The molecule has 0 fully saturated rings. The molecule has 0 aliphatic rings. The second-order valence-corrected chi connectivity index (χ2v) is 19.5. The van der Waals surface area contributed by atoms with Crippen molar-refractivity contribution in [3.05, 3.63) is 72.9 Å². The number of unbranched alkanes of at least 4 members (excludes halogenated alkanes) is 31. The van der Waals surface area contributed by atoms with E-state index in [-0.39, 0.29) is 25.2 Å². The Morgan fingerprint density at radius 2 is 0.662 bits per heavy atom. The molecule has 394 valence electrons. The zero-order chi connectivity index (χ0) is 49.2. The number of carbonyl (C=O) groups is 2. The van der Waals surface area contributed by atoms with E-state index in [1.807, 2.05) is 0 Å². The molecule has 0 N–H and O–H groups in total. The number of hydrogen-bond donors (Lipinski definition) is 0. The van der Waals surface area contributed by atoms with E-state index < -0.39 is 6.10 Å². The molecule has 0 saturated heterocycles. The van der Waals surface area contributed by atoms with E-state index in [1.165, 1.54) is 167 Å². The second-order valence-electron chi connectivity index (χ2n) is 19.5. The summed E-state index contributed by atoms with van der Waals surface area (Å²) in [6.45, 7) is 7.69. The fraction of sp³-hybridized carbons (Fsp3) is 0.778. The topological polar surface area (TPSA) is 61.8 Å². The molecule has 0 spiro atoms. The van der Waals surface area contributed by atoms with Crippen molar-refractivity contribution < 1.29 is 23.8 Å². The highest BCUT2D eigenvalue weighted by molar-refractivity contribution is 5.70. The Morgan fingerprint density at radius 3 is 1.10 bits per heavy atom. The Labute approximate surface area is 423 Å². The lowest BCUT2D eigenvalue weighted by Gasteiger charge is -2.18. The first kappa shape index (κ1) is 65.3. The van der Waals surface area contributed by atoms with E-state index in [0.717, 1.165) is 89.9 Å². The molecule has 0 aromatic carbocycles. The first-order chi connectivity index (χ1) is 33.6. The number of carbonyl (C=O) groups excluding carboxylic acids is 2. The molecule has 0 heterocycles. The molecular weight excluding hydrogens is 837 g/mol. The van der Waals surface area contributed by atoms with Crippen LogP contribution in [0.15, 0.2) is 72.9 Å². The summed E-state index contributed by atoms with van der Waals surface area (Å²) >= 11 is 0. The molecule has 0 aromatic rings. The maximum Gasteiger partial charge on any atom is 0.306 e. The van der Waals surface area contributed by atoms with Gasteiger partial charge >= 0.3 is 11.9 Å². The molecule has 0 aliphatic heterocycles. The van der Waals surface area contributed by atoms with Gasteiger partial charge in [-0.15, -0.1) is 0 Å². The monoisotopic (exact) mass is 949 g/mol. The van der Waals surface area contributed by atoms with Gasteiger partial charge in [-0.25, -0.2) is 0 Å². The first-order valence-corrected chi connectivity index (χ1v) is 29.5. The van der Waals surface area contributed by atoms with Gasteiger partial charge in [-0.1, -0.05) is 241 Å². The van der Waals surface area contributed by atoms with Crippen molar-refractivity contribution >= 4 is 11.9 Å². The summed E-state index contributed by atoms with van der Waals surface area (Å²) < 4.78 is 17.5. The minimum absolute atomic E-state index is 0.0731. The van der Waals surface area contributed by atoms with Crippen LogP contribution in [0.4, 0.5) is 0 Å². The molecule has 0 aliphatic carbocycles. The maximum absolute atomic E-state index is 12.9. The summed E-state index contributed by atoms with van der Waals surface area (Å²) in [5.41, 5.74) is 0. The molecule has 0 rings (SSSR count). The number of hydrogen-bond acceptors (Lipinski definition) is 5. The molecule has 0 bridgehead atoms. The molecule has 1 unspecified atom stereocenters. The third kappa shape index (κ3) is 55.9. The van der Waals surface area contributed by atoms with Gasteiger partial charge in [-0.05, 0) is 109 Å². The van der Waals surface area contributed by atoms with Crippen molar-refractivity contribution in [1.82, 2.24) is 0 Å². The summed E-state index contributed by atoms with van der Waals surface area (Å²) in [5, 5.41) is 0. The Morgan fingerprint density at radius 1 is 0.338 bits per heavy atom. The summed E-state index contributed by atoms with van der Waals surface area (Å²) in [4.78, 5) is 25.5. The summed E-state index contributed by atoms with van der Waals surface area (Å²) in [7, 11) is 0. The molecule has 0 aromatic heterocycles. The summed E-state index contributed by atoms with van der Waals surface area (Å²) in [6, 6.07) is 0. The first-order valence-electron chi connectivity index (χ1n) is 29.5. The van der Waals surface area contributed by atoms with Crippen LogP contribution in [0.5, 0.6) is 0 Å². The minimum atomic E-state index is -0.551. The van der Waals surface area contributed by atoms with Gasteiger partial charge in [0.1, 0.15) is 6.61 Å². The van der Waals surface area contributed by atoms with Crippen LogP contribution in [-0.2, 0) is 23.8 Å². The van der Waals surface area contributed by atoms with Crippen molar-refractivity contribution in [1.29, 1.82) is 0 Å². The predicted octanol–water partition coefficient (Wildman–Crippen LogP) is 20.2. The van der Waals surface area contributed by atoms with Crippen molar-refractivity contribution in [2.75, 3.05) is 19.8 Å². The van der Waals surface area contributed by atoms with Crippen LogP contribution in [0, 0.1) is 0 Å². The van der Waals surface area contributed by atoms with Crippen LogP contribution in [0.1, 0.15) is 290 Å². The average molecular weight is 950 g/mol. The quantitative estimate of drug-likeness (QED) is 0.0345. The van der Waals surface area contributed by atoms with Crippen molar-refractivity contribution in [3.8, 4) is 0 Å². The SMILES string of the molecule is CC/C=C\C/C=C\C/C=C\CCCCCCCCCC(=O)OCC(COCCCCCCCCCCCC/C=C\CCCCCCCC)OC(=O)CCCCCCC/C=C\C/C=C\CCCCC.